The standard InChI is InChI=1S/C15H30N2O/c1-7-17(8-2)13(18)16-12-9-14(3,4)11-15(5,6)10-12/h12H,7-11H2,1-6H3,(H,16,18). The maximum atomic E-state index is 12.1. The van der Waals surface area contributed by atoms with E-state index < -0.39 is 0 Å². The molecule has 1 N–H and O–H groups in total. The lowest BCUT2D eigenvalue weighted by Gasteiger charge is -2.45. The molecule has 0 unspecified atom stereocenters. The molecule has 106 valence electrons. The molecule has 0 aromatic carbocycles. The summed E-state index contributed by atoms with van der Waals surface area (Å²) >= 11 is 0. The lowest BCUT2D eigenvalue weighted by Crippen LogP contribution is -2.50. The van der Waals surface area contributed by atoms with Gasteiger partial charge >= 0.3 is 6.03 Å². The second-order valence-electron chi connectivity index (χ2n) is 7.23. The lowest BCUT2D eigenvalue weighted by atomic mass is 9.63. The summed E-state index contributed by atoms with van der Waals surface area (Å²) in [5, 5.41) is 3.22. The molecule has 3 nitrogen and oxygen atoms in total. The van der Waals surface area contributed by atoms with E-state index in [1.165, 1.54) is 6.42 Å². The summed E-state index contributed by atoms with van der Waals surface area (Å²) in [5.41, 5.74) is 0.645. The van der Waals surface area contributed by atoms with Crippen molar-refractivity contribution in [2.45, 2.75) is 66.8 Å². The average molecular weight is 254 g/mol. The molecule has 0 saturated heterocycles. The molecule has 1 saturated carbocycles. The number of rotatable bonds is 3. The summed E-state index contributed by atoms with van der Waals surface area (Å²) in [6.45, 7) is 14.9. The number of hydrogen-bond donors (Lipinski definition) is 1. The third-order valence-electron chi connectivity index (χ3n) is 3.93. The number of nitrogens with one attached hydrogen (secondary N) is 1. The Labute approximate surface area is 112 Å². The van der Waals surface area contributed by atoms with Gasteiger partial charge in [0.1, 0.15) is 0 Å². The van der Waals surface area contributed by atoms with Crippen molar-refractivity contribution in [3.05, 3.63) is 0 Å². The first-order chi connectivity index (χ1) is 8.19. The first kappa shape index (κ1) is 15.3. The first-order valence-corrected chi connectivity index (χ1v) is 7.24. The molecular formula is C15H30N2O. The molecule has 2 amide bonds. The Hall–Kier alpha value is -0.730. The molecule has 3 heteroatoms. The zero-order valence-corrected chi connectivity index (χ0v) is 13.0. The number of hydrogen-bond acceptors (Lipinski definition) is 1. The van der Waals surface area contributed by atoms with Crippen LogP contribution in [0.25, 0.3) is 0 Å². The zero-order valence-electron chi connectivity index (χ0n) is 13.0. The van der Waals surface area contributed by atoms with Gasteiger partial charge in [-0.25, -0.2) is 4.79 Å². The number of amides is 2. The largest absolute Gasteiger partial charge is 0.335 e. The maximum absolute atomic E-state index is 12.1. The topological polar surface area (TPSA) is 32.3 Å². The minimum absolute atomic E-state index is 0.0958. The fourth-order valence-electron chi connectivity index (χ4n) is 3.72. The van der Waals surface area contributed by atoms with E-state index in [1.54, 1.807) is 0 Å². The van der Waals surface area contributed by atoms with Crippen LogP contribution in [0.3, 0.4) is 0 Å². The van der Waals surface area contributed by atoms with Crippen LogP contribution < -0.4 is 5.32 Å². The van der Waals surface area contributed by atoms with E-state index >= 15 is 0 Å². The molecule has 0 bridgehead atoms. The van der Waals surface area contributed by atoms with E-state index in [0.29, 0.717) is 16.9 Å². The van der Waals surface area contributed by atoms with Gasteiger partial charge in [-0.05, 0) is 43.9 Å². The molecule has 1 rings (SSSR count). The summed E-state index contributed by atoms with van der Waals surface area (Å²) < 4.78 is 0. The van der Waals surface area contributed by atoms with Gasteiger partial charge < -0.3 is 10.2 Å². The summed E-state index contributed by atoms with van der Waals surface area (Å²) in [6.07, 6.45) is 3.41. The second kappa shape index (κ2) is 5.50. The Morgan fingerprint density at radius 1 is 1.11 bits per heavy atom. The van der Waals surface area contributed by atoms with Crippen LogP contribution in [0.1, 0.15) is 60.8 Å². The van der Waals surface area contributed by atoms with E-state index in [4.69, 9.17) is 0 Å². The highest BCUT2D eigenvalue weighted by Gasteiger charge is 2.39. The highest BCUT2D eigenvalue weighted by Crippen LogP contribution is 2.45. The molecule has 0 aromatic rings. The molecule has 0 heterocycles. The van der Waals surface area contributed by atoms with Crippen molar-refractivity contribution in [2.75, 3.05) is 13.1 Å². The fourth-order valence-corrected chi connectivity index (χ4v) is 3.72. The van der Waals surface area contributed by atoms with Gasteiger partial charge in [-0.2, -0.15) is 0 Å². The maximum Gasteiger partial charge on any atom is 0.317 e. The Morgan fingerprint density at radius 2 is 1.56 bits per heavy atom. The number of carbonyl (C=O) groups excluding carboxylic acids is 1. The molecular weight excluding hydrogens is 224 g/mol. The zero-order chi connectivity index (χ0) is 14.0. The van der Waals surface area contributed by atoms with Crippen molar-refractivity contribution in [2.24, 2.45) is 10.8 Å². The van der Waals surface area contributed by atoms with Crippen molar-refractivity contribution in [1.29, 1.82) is 0 Å². The Bertz CT molecular complexity index is 277. The molecule has 0 radical (unpaired) electrons. The lowest BCUT2D eigenvalue weighted by molar-refractivity contribution is 0.0853. The predicted octanol–water partition coefficient (Wildman–Crippen LogP) is 3.64. The molecule has 1 aliphatic carbocycles. The van der Waals surface area contributed by atoms with Gasteiger partial charge in [0.05, 0.1) is 0 Å². The number of nitrogens with zero attached hydrogens (tertiary/aromatic N) is 1. The average Bonchev–Trinajstić information content (AvgIpc) is 2.13. The molecule has 0 aromatic heterocycles. The van der Waals surface area contributed by atoms with Gasteiger partial charge in [-0.1, -0.05) is 27.7 Å². The van der Waals surface area contributed by atoms with Crippen molar-refractivity contribution in [1.82, 2.24) is 10.2 Å². The molecule has 0 atom stereocenters. The van der Waals surface area contributed by atoms with Gasteiger partial charge in [-0.3, -0.25) is 0 Å². The normalized spacial score (nSPS) is 22.6. The van der Waals surface area contributed by atoms with Crippen LogP contribution in [-0.2, 0) is 0 Å². The molecule has 0 spiro atoms. The Balaban J connectivity index is 2.64. The van der Waals surface area contributed by atoms with Gasteiger partial charge in [0.25, 0.3) is 0 Å². The Morgan fingerprint density at radius 3 is 1.94 bits per heavy atom. The van der Waals surface area contributed by atoms with E-state index in [1.807, 2.05) is 18.7 Å². The van der Waals surface area contributed by atoms with Crippen LogP contribution in [0.5, 0.6) is 0 Å². The highest BCUT2D eigenvalue weighted by atomic mass is 16.2. The van der Waals surface area contributed by atoms with Crippen LogP contribution in [0, 0.1) is 10.8 Å². The van der Waals surface area contributed by atoms with Gasteiger partial charge in [0, 0.05) is 19.1 Å². The van der Waals surface area contributed by atoms with Crippen molar-refractivity contribution in [3.63, 3.8) is 0 Å². The predicted molar refractivity (Wildman–Crippen MR) is 76.7 cm³/mol. The molecule has 1 fully saturated rings. The third-order valence-corrected chi connectivity index (χ3v) is 3.93. The summed E-state index contributed by atoms with van der Waals surface area (Å²) in [4.78, 5) is 14.0. The summed E-state index contributed by atoms with van der Waals surface area (Å²) in [7, 11) is 0. The van der Waals surface area contributed by atoms with Crippen molar-refractivity contribution in [3.8, 4) is 0 Å². The van der Waals surface area contributed by atoms with E-state index in [2.05, 4.69) is 33.0 Å². The van der Waals surface area contributed by atoms with Gasteiger partial charge in [0.2, 0.25) is 0 Å². The van der Waals surface area contributed by atoms with Crippen molar-refractivity contribution < 1.29 is 4.79 Å². The van der Waals surface area contributed by atoms with Gasteiger partial charge in [0.15, 0.2) is 0 Å². The quantitative estimate of drug-likeness (QED) is 0.819. The molecule has 18 heavy (non-hydrogen) atoms. The minimum atomic E-state index is 0.0958. The number of carbonyl (C=O) groups is 1. The summed E-state index contributed by atoms with van der Waals surface area (Å²) in [6, 6.07) is 0.412. The van der Waals surface area contributed by atoms with Crippen LogP contribution >= 0.6 is 0 Å². The van der Waals surface area contributed by atoms with Crippen LogP contribution in [0.2, 0.25) is 0 Å². The van der Waals surface area contributed by atoms with Crippen LogP contribution in [-0.4, -0.2) is 30.1 Å². The molecule has 0 aliphatic heterocycles. The van der Waals surface area contributed by atoms with E-state index in [-0.39, 0.29) is 6.03 Å². The van der Waals surface area contributed by atoms with Gasteiger partial charge in [-0.15, -0.1) is 0 Å². The fraction of sp³-hybridized carbons (Fsp3) is 0.933. The monoisotopic (exact) mass is 254 g/mol. The number of urea groups is 1. The smallest absolute Gasteiger partial charge is 0.317 e. The van der Waals surface area contributed by atoms with E-state index in [0.717, 1.165) is 25.9 Å². The third kappa shape index (κ3) is 4.18. The van der Waals surface area contributed by atoms with Crippen molar-refractivity contribution >= 4 is 6.03 Å². The van der Waals surface area contributed by atoms with Crippen LogP contribution in [0.15, 0.2) is 0 Å². The Kier molecular flexibility index (Phi) is 4.68. The van der Waals surface area contributed by atoms with Crippen LogP contribution in [0.4, 0.5) is 4.79 Å². The minimum Gasteiger partial charge on any atom is -0.335 e. The highest BCUT2D eigenvalue weighted by molar-refractivity contribution is 5.74. The first-order valence-electron chi connectivity index (χ1n) is 7.24. The molecule has 1 aliphatic rings. The van der Waals surface area contributed by atoms with E-state index in [9.17, 15) is 4.79 Å². The second-order valence-corrected chi connectivity index (χ2v) is 7.23. The summed E-state index contributed by atoms with van der Waals surface area (Å²) in [5.74, 6) is 0. The SMILES string of the molecule is CCN(CC)C(=O)NC1CC(C)(C)CC(C)(C)C1.